The number of hydrogen-bond acceptors (Lipinski definition) is 6. The van der Waals surface area contributed by atoms with Gasteiger partial charge in [0, 0.05) is 10.6 Å². The third-order valence-corrected chi connectivity index (χ3v) is 4.26. The maximum atomic E-state index is 12.1. The summed E-state index contributed by atoms with van der Waals surface area (Å²) in [5.74, 6) is -0.951. The van der Waals surface area contributed by atoms with Gasteiger partial charge in [0.2, 0.25) is 0 Å². The molecule has 0 aliphatic carbocycles. The number of carbonyl (C=O) groups is 1. The van der Waals surface area contributed by atoms with Gasteiger partial charge in [-0.15, -0.1) is 5.11 Å². The van der Waals surface area contributed by atoms with Crippen LogP contribution in [0.15, 0.2) is 76.0 Å². The van der Waals surface area contributed by atoms with E-state index >= 15 is 0 Å². The predicted octanol–water partition coefficient (Wildman–Crippen LogP) is 5.58. The Morgan fingerprint density at radius 1 is 0.931 bits per heavy atom. The van der Waals surface area contributed by atoms with Crippen LogP contribution in [0.5, 0.6) is 11.5 Å². The van der Waals surface area contributed by atoms with E-state index in [2.05, 4.69) is 20.8 Å². The van der Waals surface area contributed by atoms with Crippen LogP contribution in [0.2, 0.25) is 10.0 Å². The van der Waals surface area contributed by atoms with E-state index in [4.69, 9.17) is 23.2 Å². The number of azo groups is 1. The van der Waals surface area contributed by atoms with E-state index in [1.165, 1.54) is 36.5 Å². The van der Waals surface area contributed by atoms with Crippen molar-refractivity contribution in [3.63, 3.8) is 0 Å². The lowest BCUT2D eigenvalue weighted by Gasteiger charge is -2.04. The molecule has 0 saturated carbocycles. The second-order valence-electron chi connectivity index (χ2n) is 5.76. The molecule has 9 heteroatoms. The summed E-state index contributed by atoms with van der Waals surface area (Å²) in [5.41, 5.74) is 3.48. The van der Waals surface area contributed by atoms with Gasteiger partial charge in [0.15, 0.2) is 0 Å². The third kappa shape index (κ3) is 5.31. The molecule has 0 aliphatic rings. The fourth-order valence-corrected chi connectivity index (χ4v) is 2.61. The van der Waals surface area contributed by atoms with Crippen molar-refractivity contribution in [2.45, 2.75) is 0 Å². The molecule has 3 rings (SSSR count). The van der Waals surface area contributed by atoms with Gasteiger partial charge in [-0.25, -0.2) is 5.43 Å². The van der Waals surface area contributed by atoms with Gasteiger partial charge in [-0.1, -0.05) is 35.3 Å². The van der Waals surface area contributed by atoms with Crippen LogP contribution in [0.3, 0.4) is 0 Å². The zero-order valence-corrected chi connectivity index (χ0v) is 16.3. The van der Waals surface area contributed by atoms with E-state index in [-0.39, 0.29) is 17.1 Å². The van der Waals surface area contributed by atoms with Gasteiger partial charge < -0.3 is 10.2 Å². The Balaban J connectivity index is 1.74. The average molecular weight is 429 g/mol. The summed E-state index contributed by atoms with van der Waals surface area (Å²) in [5, 5.41) is 32.4. The standard InChI is InChI=1S/C20H14Cl2N4O3/c21-13-5-7-19(28)15(10-13)20(29)26-23-11-12-9-14(6-8-18(12)27)24-25-17-4-2-1-3-16(17)22/h1-11,27-28H,(H,26,29)/b23-11-,25-24?. The van der Waals surface area contributed by atoms with Gasteiger partial charge >= 0.3 is 0 Å². The number of nitrogens with one attached hydrogen (secondary N) is 1. The lowest BCUT2D eigenvalue weighted by atomic mass is 10.2. The number of hydrazone groups is 1. The van der Waals surface area contributed by atoms with Crippen LogP contribution >= 0.6 is 23.2 Å². The number of nitrogens with zero attached hydrogens (tertiary/aromatic N) is 3. The Kier molecular flexibility index (Phi) is 6.43. The minimum Gasteiger partial charge on any atom is -0.507 e. The predicted molar refractivity (Wildman–Crippen MR) is 112 cm³/mol. The number of carbonyl (C=O) groups excluding carboxylic acids is 1. The van der Waals surface area contributed by atoms with Crippen molar-refractivity contribution in [1.82, 2.24) is 5.43 Å². The number of rotatable bonds is 5. The first-order valence-corrected chi connectivity index (χ1v) is 9.01. The molecule has 0 fully saturated rings. The SMILES string of the molecule is O=C(N/N=C\c1cc(N=Nc2ccccc2Cl)ccc1O)c1cc(Cl)ccc1O. The summed E-state index contributed by atoms with van der Waals surface area (Å²) in [6.07, 6.45) is 1.24. The summed E-state index contributed by atoms with van der Waals surface area (Å²) < 4.78 is 0. The summed E-state index contributed by atoms with van der Waals surface area (Å²) in [6.45, 7) is 0. The number of halogens is 2. The lowest BCUT2D eigenvalue weighted by Crippen LogP contribution is -2.17. The van der Waals surface area contributed by atoms with Crippen LogP contribution in [0.25, 0.3) is 0 Å². The van der Waals surface area contributed by atoms with E-state index in [0.29, 0.717) is 27.0 Å². The number of aromatic hydroxyl groups is 2. The quantitative estimate of drug-likeness (QED) is 0.280. The van der Waals surface area contributed by atoms with Gasteiger partial charge in [-0.3, -0.25) is 4.79 Å². The van der Waals surface area contributed by atoms with Gasteiger partial charge in [0.05, 0.1) is 22.5 Å². The number of benzene rings is 3. The normalized spacial score (nSPS) is 11.2. The Morgan fingerprint density at radius 3 is 2.48 bits per heavy atom. The van der Waals surface area contributed by atoms with Crippen molar-refractivity contribution in [2.75, 3.05) is 0 Å². The first-order chi connectivity index (χ1) is 13.9. The van der Waals surface area contributed by atoms with Crippen molar-refractivity contribution < 1.29 is 15.0 Å². The molecule has 29 heavy (non-hydrogen) atoms. The highest BCUT2D eigenvalue weighted by molar-refractivity contribution is 6.33. The molecule has 0 unspecified atom stereocenters. The average Bonchev–Trinajstić information content (AvgIpc) is 2.71. The summed E-state index contributed by atoms with van der Waals surface area (Å²) in [6, 6.07) is 15.6. The number of amides is 1. The highest BCUT2D eigenvalue weighted by Crippen LogP contribution is 2.28. The molecule has 3 aromatic carbocycles. The van der Waals surface area contributed by atoms with E-state index < -0.39 is 5.91 Å². The van der Waals surface area contributed by atoms with Crippen molar-refractivity contribution in [3.8, 4) is 11.5 Å². The second-order valence-corrected chi connectivity index (χ2v) is 6.60. The lowest BCUT2D eigenvalue weighted by molar-refractivity contribution is 0.0952. The molecule has 0 atom stereocenters. The number of hydrogen-bond donors (Lipinski definition) is 3. The number of phenolic OH excluding ortho intramolecular Hbond substituents is 2. The molecule has 0 bridgehead atoms. The van der Waals surface area contributed by atoms with E-state index in [1.807, 2.05) is 0 Å². The van der Waals surface area contributed by atoms with Crippen LogP contribution in [-0.2, 0) is 0 Å². The highest BCUT2D eigenvalue weighted by Gasteiger charge is 2.11. The molecule has 0 saturated heterocycles. The fraction of sp³-hybridized carbons (Fsp3) is 0. The fourth-order valence-electron chi connectivity index (χ4n) is 2.26. The van der Waals surface area contributed by atoms with Crippen LogP contribution in [0, 0.1) is 0 Å². The summed E-state index contributed by atoms with van der Waals surface area (Å²) in [4.78, 5) is 12.1. The van der Waals surface area contributed by atoms with E-state index in [9.17, 15) is 15.0 Å². The maximum Gasteiger partial charge on any atom is 0.275 e. The van der Waals surface area contributed by atoms with Crippen LogP contribution in [-0.4, -0.2) is 22.3 Å². The minimum atomic E-state index is -0.657. The first-order valence-electron chi connectivity index (χ1n) is 8.25. The van der Waals surface area contributed by atoms with Crippen molar-refractivity contribution in [3.05, 3.63) is 81.8 Å². The zero-order valence-electron chi connectivity index (χ0n) is 14.8. The van der Waals surface area contributed by atoms with Crippen LogP contribution in [0.4, 0.5) is 11.4 Å². The molecule has 0 aliphatic heterocycles. The van der Waals surface area contributed by atoms with Gasteiger partial charge in [0.25, 0.3) is 5.91 Å². The molecule has 0 radical (unpaired) electrons. The number of phenols is 2. The zero-order chi connectivity index (χ0) is 20.8. The Labute approximate surface area is 175 Å². The molecular weight excluding hydrogens is 415 g/mol. The van der Waals surface area contributed by atoms with Crippen LogP contribution in [0.1, 0.15) is 15.9 Å². The van der Waals surface area contributed by atoms with Crippen molar-refractivity contribution >= 4 is 46.7 Å². The molecule has 3 aromatic rings. The molecule has 0 aromatic heterocycles. The molecule has 0 spiro atoms. The van der Waals surface area contributed by atoms with E-state index in [1.54, 1.807) is 30.3 Å². The van der Waals surface area contributed by atoms with Gasteiger partial charge in [-0.2, -0.15) is 10.2 Å². The minimum absolute atomic E-state index is 0.0267. The largest absolute Gasteiger partial charge is 0.507 e. The molecule has 146 valence electrons. The van der Waals surface area contributed by atoms with E-state index in [0.717, 1.165) is 0 Å². The topological polar surface area (TPSA) is 107 Å². The van der Waals surface area contributed by atoms with Crippen molar-refractivity contribution in [1.29, 1.82) is 0 Å². The summed E-state index contributed by atoms with van der Waals surface area (Å²) in [7, 11) is 0. The Morgan fingerprint density at radius 2 is 1.69 bits per heavy atom. The Hall–Kier alpha value is -3.42. The molecule has 0 heterocycles. The highest BCUT2D eigenvalue weighted by atomic mass is 35.5. The smallest absolute Gasteiger partial charge is 0.275 e. The first kappa shape index (κ1) is 20.3. The van der Waals surface area contributed by atoms with Crippen LogP contribution < -0.4 is 5.43 Å². The molecule has 7 nitrogen and oxygen atoms in total. The third-order valence-electron chi connectivity index (χ3n) is 3.71. The molecule has 3 N–H and O–H groups in total. The van der Waals surface area contributed by atoms with Gasteiger partial charge in [0.1, 0.15) is 17.2 Å². The Bertz CT molecular complexity index is 1120. The molecule has 1 amide bonds. The molecular formula is C20H14Cl2N4O3. The second kappa shape index (κ2) is 9.18. The van der Waals surface area contributed by atoms with Crippen molar-refractivity contribution in [2.24, 2.45) is 15.3 Å². The monoisotopic (exact) mass is 428 g/mol. The summed E-state index contributed by atoms with van der Waals surface area (Å²) >= 11 is 11.9. The van der Waals surface area contributed by atoms with Gasteiger partial charge in [-0.05, 0) is 48.5 Å². The maximum absolute atomic E-state index is 12.1.